The Morgan fingerprint density at radius 2 is 1.94 bits per heavy atom. The van der Waals surface area contributed by atoms with Crippen LogP contribution in [0.5, 0.6) is 11.5 Å². The molecule has 2 aromatic rings. The summed E-state index contributed by atoms with van der Waals surface area (Å²) in [5.41, 5.74) is -0.512. The van der Waals surface area contributed by atoms with E-state index >= 15 is 0 Å². The normalized spacial score (nSPS) is 23.8. The molecule has 1 aromatic carbocycles. The highest BCUT2D eigenvalue weighted by Crippen LogP contribution is 2.65. The summed E-state index contributed by atoms with van der Waals surface area (Å²) in [5.74, 6) is -0.254. The fourth-order valence-electron chi connectivity index (χ4n) is 4.23. The maximum atomic E-state index is 13.4. The van der Waals surface area contributed by atoms with Crippen molar-refractivity contribution in [1.82, 2.24) is 15.1 Å². The summed E-state index contributed by atoms with van der Waals surface area (Å²) >= 11 is 5.61. The van der Waals surface area contributed by atoms with E-state index in [1.54, 1.807) is 10.9 Å². The van der Waals surface area contributed by atoms with Gasteiger partial charge in [0.25, 0.3) is 5.91 Å². The molecule has 1 aromatic heterocycles. The van der Waals surface area contributed by atoms with Crippen LogP contribution in [0.2, 0.25) is 5.02 Å². The SMILES string of the molecule is O=C(COc1ccc(Cl)c(F)c1)NC12CC(n3cc(OCCCOC(F)(F)F)cn3)(C1)C2. The van der Waals surface area contributed by atoms with Gasteiger partial charge in [0.2, 0.25) is 0 Å². The maximum absolute atomic E-state index is 13.4. The van der Waals surface area contributed by atoms with Gasteiger partial charge in [-0.1, -0.05) is 11.6 Å². The van der Waals surface area contributed by atoms with Gasteiger partial charge in [0.05, 0.1) is 36.2 Å². The van der Waals surface area contributed by atoms with E-state index in [4.69, 9.17) is 21.1 Å². The Labute approximate surface area is 185 Å². The van der Waals surface area contributed by atoms with E-state index in [9.17, 15) is 22.4 Å². The Morgan fingerprint density at radius 3 is 2.62 bits per heavy atom. The molecule has 2 bridgehead atoms. The molecule has 1 N–H and O–H groups in total. The van der Waals surface area contributed by atoms with Crippen LogP contribution in [-0.2, 0) is 15.1 Å². The zero-order valence-corrected chi connectivity index (χ0v) is 17.5. The molecule has 3 saturated carbocycles. The van der Waals surface area contributed by atoms with Crippen LogP contribution in [0, 0.1) is 5.82 Å². The van der Waals surface area contributed by atoms with Crippen LogP contribution in [0.3, 0.4) is 0 Å². The highest BCUT2D eigenvalue weighted by molar-refractivity contribution is 6.30. The van der Waals surface area contributed by atoms with E-state index in [1.165, 1.54) is 18.3 Å². The number of carbonyl (C=O) groups is 1. The van der Waals surface area contributed by atoms with E-state index in [-0.39, 0.29) is 47.4 Å². The van der Waals surface area contributed by atoms with Crippen molar-refractivity contribution in [2.45, 2.75) is 43.1 Å². The van der Waals surface area contributed by atoms with E-state index in [2.05, 4.69) is 15.2 Å². The summed E-state index contributed by atoms with van der Waals surface area (Å²) < 4.78 is 65.4. The Balaban J connectivity index is 1.18. The van der Waals surface area contributed by atoms with Crippen molar-refractivity contribution in [2.24, 2.45) is 0 Å². The van der Waals surface area contributed by atoms with Crippen molar-refractivity contribution in [3.05, 3.63) is 41.4 Å². The lowest BCUT2D eigenvalue weighted by Crippen LogP contribution is -2.79. The molecule has 0 unspecified atom stereocenters. The summed E-state index contributed by atoms with van der Waals surface area (Å²) in [6.45, 7) is -0.639. The third kappa shape index (κ3) is 4.93. The average Bonchev–Trinajstić information content (AvgIpc) is 3.12. The third-order valence-corrected chi connectivity index (χ3v) is 5.84. The molecule has 0 atom stereocenters. The first-order valence-electron chi connectivity index (χ1n) is 9.86. The number of carbonyl (C=O) groups excluding carboxylic acids is 1. The molecule has 0 spiro atoms. The number of ether oxygens (including phenoxy) is 3. The van der Waals surface area contributed by atoms with Gasteiger partial charge in [0, 0.05) is 18.0 Å². The first kappa shape index (κ1) is 22.7. The molecule has 12 heteroatoms. The predicted octanol–water partition coefficient (Wildman–Crippen LogP) is 3.81. The summed E-state index contributed by atoms with van der Waals surface area (Å²) in [4.78, 5) is 12.2. The maximum Gasteiger partial charge on any atom is 0.522 e. The van der Waals surface area contributed by atoms with Gasteiger partial charge in [0.1, 0.15) is 11.6 Å². The first-order valence-corrected chi connectivity index (χ1v) is 10.2. The van der Waals surface area contributed by atoms with Gasteiger partial charge in [-0.15, -0.1) is 13.2 Å². The number of hydrogen-bond donors (Lipinski definition) is 1. The van der Waals surface area contributed by atoms with Crippen molar-refractivity contribution in [3.63, 3.8) is 0 Å². The molecule has 0 aliphatic heterocycles. The number of halogens is 5. The van der Waals surface area contributed by atoms with Crippen molar-refractivity contribution in [2.75, 3.05) is 19.8 Å². The minimum absolute atomic E-state index is 0.0244. The molecule has 3 aliphatic carbocycles. The summed E-state index contributed by atoms with van der Waals surface area (Å²) in [7, 11) is 0. The smallest absolute Gasteiger partial charge is 0.490 e. The molecule has 3 aliphatic rings. The van der Waals surface area contributed by atoms with Crippen LogP contribution in [-0.4, -0.2) is 47.4 Å². The topological polar surface area (TPSA) is 74.6 Å². The van der Waals surface area contributed by atoms with E-state index in [0.717, 1.165) is 6.07 Å². The Morgan fingerprint density at radius 1 is 1.19 bits per heavy atom. The second kappa shape index (κ2) is 8.43. The van der Waals surface area contributed by atoms with Gasteiger partial charge >= 0.3 is 6.36 Å². The average molecular weight is 478 g/mol. The molecule has 3 fully saturated rings. The first-order chi connectivity index (χ1) is 15.1. The number of amides is 1. The number of hydrogen-bond acceptors (Lipinski definition) is 5. The minimum Gasteiger partial charge on any atom is -0.490 e. The molecule has 174 valence electrons. The number of nitrogens with zero attached hydrogens (tertiary/aromatic N) is 2. The van der Waals surface area contributed by atoms with Gasteiger partial charge in [-0.2, -0.15) is 5.10 Å². The molecular weight excluding hydrogens is 458 g/mol. The lowest BCUT2D eigenvalue weighted by atomic mass is 9.44. The summed E-state index contributed by atoms with van der Waals surface area (Å²) in [5, 5.41) is 7.21. The number of alkyl halides is 3. The Bertz CT molecular complexity index is 978. The van der Waals surface area contributed by atoms with Gasteiger partial charge < -0.3 is 14.8 Å². The van der Waals surface area contributed by atoms with Crippen LogP contribution in [0.4, 0.5) is 17.6 Å². The highest BCUT2D eigenvalue weighted by Gasteiger charge is 2.70. The second-order valence-corrected chi connectivity index (χ2v) is 8.47. The highest BCUT2D eigenvalue weighted by atomic mass is 35.5. The van der Waals surface area contributed by atoms with Gasteiger partial charge in [0.15, 0.2) is 12.4 Å². The van der Waals surface area contributed by atoms with Gasteiger partial charge in [-0.3, -0.25) is 14.2 Å². The number of rotatable bonds is 10. The molecule has 1 heterocycles. The fourth-order valence-corrected chi connectivity index (χ4v) is 4.35. The number of nitrogens with one attached hydrogen (secondary N) is 1. The molecule has 32 heavy (non-hydrogen) atoms. The molecular formula is C20H20ClF4N3O4. The molecule has 7 nitrogen and oxygen atoms in total. The zero-order chi connectivity index (χ0) is 23.0. The molecule has 0 saturated heterocycles. The van der Waals surface area contributed by atoms with Crippen LogP contribution < -0.4 is 14.8 Å². The van der Waals surface area contributed by atoms with E-state index in [0.29, 0.717) is 25.0 Å². The van der Waals surface area contributed by atoms with Crippen molar-refractivity contribution in [1.29, 1.82) is 0 Å². The van der Waals surface area contributed by atoms with Crippen LogP contribution >= 0.6 is 11.6 Å². The minimum atomic E-state index is -4.64. The van der Waals surface area contributed by atoms with Gasteiger partial charge in [-0.25, -0.2) is 4.39 Å². The van der Waals surface area contributed by atoms with Crippen molar-refractivity contribution >= 4 is 17.5 Å². The van der Waals surface area contributed by atoms with Crippen LogP contribution in [0.25, 0.3) is 0 Å². The Kier molecular flexibility index (Phi) is 5.97. The second-order valence-electron chi connectivity index (χ2n) is 8.06. The summed E-state index contributed by atoms with van der Waals surface area (Å²) in [6, 6.07) is 3.95. The third-order valence-electron chi connectivity index (χ3n) is 5.54. The molecule has 1 amide bonds. The number of benzene rings is 1. The lowest BCUT2D eigenvalue weighted by molar-refractivity contribution is -0.324. The Hall–Kier alpha value is -2.53. The van der Waals surface area contributed by atoms with Crippen molar-refractivity contribution in [3.8, 4) is 11.5 Å². The monoisotopic (exact) mass is 477 g/mol. The molecule has 0 radical (unpaired) electrons. The van der Waals surface area contributed by atoms with E-state index in [1.807, 2.05) is 0 Å². The quantitative estimate of drug-likeness (QED) is 0.416. The molecule has 5 rings (SSSR count). The number of aromatic nitrogens is 2. The zero-order valence-electron chi connectivity index (χ0n) is 16.8. The lowest BCUT2D eigenvalue weighted by Gasteiger charge is -2.69. The van der Waals surface area contributed by atoms with E-state index < -0.39 is 18.8 Å². The van der Waals surface area contributed by atoms with Crippen LogP contribution in [0.1, 0.15) is 25.7 Å². The fraction of sp³-hybridized carbons (Fsp3) is 0.500. The van der Waals surface area contributed by atoms with Crippen LogP contribution in [0.15, 0.2) is 30.6 Å². The standard InChI is InChI=1S/C20H20ClF4N3O4/c21-15-3-2-13(6-16(15)22)31-9-17(29)27-18-10-19(11-18,12-18)28-8-14(7-26-28)30-4-1-5-32-20(23,24)25/h2-3,6-8H,1,4-5,9-12H2,(H,27,29). The largest absolute Gasteiger partial charge is 0.522 e. The van der Waals surface area contributed by atoms with Gasteiger partial charge in [-0.05, 0) is 31.4 Å². The summed E-state index contributed by atoms with van der Waals surface area (Å²) in [6.07, 6.45) is 0.755. The predicted molar refractivity (Wildman–Crippen MR) is 104 cm³/mol. The van der Waals surface area contributed by atoms with Crippen molar-refractivity contribution < 1.29 is 36.6 Å².